The van der Waals surface area contributed by atoms with Crippen LogP contribution >= 0.6 is 19.4 Å². The minimum atomic E-state index is -4.65. The average Bonchev–Trinajstić information content (AvgIpc) is 3.11. The number of aliphatic hydroxyl groups excluding tert-OH is 1. The molecule has 0 fully saturated rings. The standard InChI is InChI=1S/C42H79ClNO9P/c1-6-8-10-12-14-15-16-17-18-19-20-24-28-32-41(46)50-36-38(37-52-54(48,49)51-35-34-44(3,4)5)53-42(47)33-29-25-21-23-27-31-40(45)39(43)30-26-22-13-11-9-7-2/h22,26,30,38,40,45H,6-21,23-25,27-29,31-37H2,1-5H3/b26-22+,39-30-/t38-,40?/m1/s1. The first-order valence-electron chi connectivity index (χ1n) is 21.3. The molecule has 0 rings (SSSR count). The quantitative estimate of drug-likeness (QED) is 0.0213. The predicted molar refractivity (Wildman–Crippen MR) is 219 cm³/mol. The maximum atomic E-state index is 12.7. The van der Waals surface area contributed by atoms with Gasteiger partial charge in [0, 0.05) is 17.9 Å². The molecule has 0 heterocycles. The molecule has 3 atom stereocenters. The van der Waals surface area contributed by atoms with Crippen LogP contribution in [-0.2, 0) is 32.7 Å². The van der Waals surface area contributed by atoms with Crippen LogP contribution < -0.4 is 4.89 Å². The lowest BCUT2D eigenvalue weighted by molar-refractivity contribution is -0.870. The number of esters is 2. The Balaban J connectivity index is 4.53. The van der Waals surface area contributed by atoms with Gasteiger partial charge in [-0.25, -0.2) is 0 Å². The van der Waals surface area contributed by atoms with Crippen molar-refractivity contribution in [3.63, 3.8) is 0 Å². The monoisotopic (exact) mass is 808 g/mol. The number of nitrogens with zero attached hydrogens (tertiary/aromatic N) is 1. The van der Waals surface area contributed by atoms with Gasteiger partial charge < -0.3 is 33.0 Å². The van der Waals surface area contributed by atoms with Crippen LogP contribution in [0.2, 0.25) is 0 Å². The highest BCUT2D eigenvalue weighted by molar-refractivity contribution is 7.45. The second-order valence-electron chi connectivity index (χ2n) is 15.7. The molecule has 0 aromatic heterocycles. The van der Waals surface area contributed by atoms with E-state index in [2.05, 4.69) is 19.9 Å². The molecular formula is C42H79ClNO9P. The fourth-order valence-electron chi connectivity index (χ4n) is 5.70. The van der Waals surface area contributed by atoms with E-state index in [1.807, 2.05) is 27.2 Å². The molecule has 2 unspecified atom stereocenters. The molecule has 0 aliphatic carbocycles. The van der Waals surface area contributed by atoms with E-state index in [9.17, 15) is 24.2 Å². The Morgan fingerprint density at radius 3 is 1.78 bits per heavy atom. The number of ether oxygens (including phenoxy) is 2. The lowest BCUT2D eigenvalue weighted by atomic mass is 10.0. The first-order valence-corrected chi connectivity index (χ1v) is 23.1. The van der Waals surface area contributed by atoms with Crippen molar-refractivity contribution in [3.05, 3.63) is 23.3 Å². The van der Waals surface area contributed by atoms with Crippen LogP contribution in [0.3, 0.4) is 0 Å². The van der Waals surface area contributed by atoms with Crippen LogP contribution in [0.25, 0.3) is 0 Å². The van der Waals surface area contributed by atoms with Gasteiger partial charge in [-0.3, -0.25) is 14.2 Å². The molecular weight excluding hydrogens is 729 g/mol. The van der Waals surface area contributed by atoms with Crippen LogP contribution in [0.5, 0.6) is 0 Å². The largest absolute Gasteiger partial charge is 0.756 e. The van der Waals surface area contributed by atoms with Crippen LogP contribution in [0.1, 0.15) is 174 Å². The minimum Gasteiger partial charge on any atom is -0.756 e. The van der Waals surface area contributed by atoms with Gasteiger partial charge in [0.05, 0.1) is 33.9 Å². The highest BCUT2D eigenvalue weighted by atomic mass is 35.5. The molecule has 0 saturated heterocycles. The van der Waals surface area contributed by atoms with Gasteiger partial charge in [-0.05, 0) is 38.2 Å². The molecule has 0 radical (unpaired) electrons. The number of allylic oxidation sites excluding steroid dienone is 3. The van der Waals surface area contributed by atoms with Crippen molar-refractivity contribution in [2.75, 3.05) is 47.5 Å². The summed E-state index contributed by atoms with van der Waals surface area (Å²) in [6.45, 7) is 4.01. The lowest BCUT2D eigenvalue weighted by Crippen LogP contribution is -2.37. The van der Waals surface area contributed by atoms with Crippen molar-refractivity contribution in [1.82, 2.24) is 0 Å². The SMILES string of the molecule is CCCCC/C=C/C=C(\Cl)C(O)CCCCCCCC(=O)O[C@H](COC(=O)CCCCCCCCCCCCCCC)COP(=O)([O-])OCC[N+](C)(C)C. The molecule has 0 bridgehead atoms. The summed E-state index contributed by atoms with van der Waals surface area (Å²) in [5.41, 5.74) is 0. The number of carbonyl (C=O) groups is 2. The number of quaternary nitrogens is 1. The fraction of sp³-hybridized carbons (Fsp3) is 0.857. The summed E-state index contributed by atoms with van der Waals surface area (Å²) >= 11 is 6.23. The van der Waals surface area contributed by atoms with E-state index in [1.54, 1.807) is 6.08 Å². The maximum Gasteiger partial charge on any atom is 0.306 e. The Hall–Kier alpha value is -1.26. The normalized spacial score (nSPS) is 14.6. The van der Waals surface area contributed by atoms with Gasteiger partial charge in [0.2, 0.25) is 0 Å². The summed E-state index contributed by atoms with van der Waals surface area (Å²) in [5, 5.41) is 10.8. The zero-order valence-electron chi connectivity index (χ0n) is 34.9. The van der Waals surface area contributed by atoms with Crippen LogP contribution in [0.4, 0.5) is 0 Å². The first-order chi connectivity index (χ1) is 25.8. The Labute approximate surface area is 335 Å². The fourth-order valence-corrected chi connectivity index (χ4v) is 6.61. The Morgan fingerprint density at radius 2 is 1.22 bits per heavy atom. The molecule has 0 spiro atoms. The Kier molecular flexibility index (Phi) is 34.1. The Bertz CT molecular complexity index is 1030. The van der Waals surface area contributed by atoms with E-state index in [-0.39, 0.29) is 26.1 Å². The Morgan fingerprint density at radius 1 is 0.722 bits per heavy atom. The number of carbonyl (C=O) groups excluding carboxylic acids is 2. The third-order valence-electron chi connectivity index (χ3n) is 9.19. The van der Waals surface area contributed by atoms with Gasteiger partial charge in [0.15, 0.2) is 6.10 Å². The summed E-state index contributed by atoms with van der Waals surface area (Å²) in [5.74, 6) is -0.928. The second-order valence-corrected chi connectivity index (χ2v) is 17.5. The predicted octanol–water partition coefficient (Wildman–Crippen LogP) is 10.5. The zero-order valence-corrected chi connectivity index (χ0v) is 36.5. The number of hydrogen-bond acceptors (Lipinski definition) is 9. The van der Waals surface area contributed by atoms with Gasteiger partial charge in [-0.1, -0.05) is 153 Å². The average molecular weight is 809 g/mol. The molecule has 0 saturated carbocycles. The molecule has 10 nitrogen and oxygen atoms in total. The summed E-state index contributed by atoms with van der Waals surface area (Å²) < 4.78 is 33.8. The van der Waals surface area contributed by atoms with E-state index in [0.29, 0.717) is 35.3 Å². The number of hydrogen-bond donors (Lipinski definition) is 1. The highest BCUT2D eigenvalue weighted by Crippen LogP contribution is 2.38. The number of phosphoric ester groups is 1. The van der Waals surface area contributed by atoms with Gasteiger partial charge in [0.25, 0.3) is 7.82 Å². The van der Waals surface area contributed by atoms with Gasteiger partial charge in [-0.15, -0.1) is 0 Å². The third kappa shape index (κ3) is 36.4. The van der Waals surface area contributed by atoms with Crippen molar-refractivity contribution in [2.24, 2.45) is 0 Å². The van der Waals surface area contributed by atoms with Crippen LogP contribution in [-0.4, -0.2) is 81.2 Å². The first kappa shape index (κ1) is 52.7. The van der Waals surface area contributed by atoms with E-state index in [4.69, 9.17) is 30.1 Å². The third-order valence-corrected chi connectivity index (χ3v) is 10.5. The van der Waals surface area contributed by atoms with Crippen molar-refractivity contribution in [2.45, 2.75) is 187 Å². The smallest absolute Gasteiger partial charge is 0.306 e. The summed E-state index contributed by atoms with van der Waals surface area (Å²) in [7, 11) is 1.09. The summed E-state index contributed by atoms with van der Waals surface area (Å²) in [6.07, 6.45) is 29.2. The van der Waals surface area contributed by atoms with Gasteiger partial charge in [-0.2, -0.15) is 0 Å². The van der Waals surface area contributed by atoms with Crippen molar-refractivity contribution in [1.29, 1.82) is 0 Å². The van der Waals surface area contributed by atoms with Gasteiger partial charge in [0.1, 0.15) is 19.8 Å². The highest BCUT2D eigenvalue weighted by Gasteiger charge is 2.22. The molecule has 0 amide bonds. The van der Waals surface area contributed by atoms with Crippen LogP contribution in [0.15, 0.2) is 23.3 Å². The van der Waals surface area contributed by atoms with E-state index in [0.717, 1.165) is 51.4 Å². The van der Waals surface area contributed by atoms with Crippen molar-refractivity contribution >= 4 is 31.4 Å². The summed E-state index contributed by atoms with van der Waals surface area (Å²) in [6, 6.07) is 0. The number of likely N-dealkylation sites (N-methyl/N-ethyl adjacent to an activating group) is 1. The van der Waals surface area contributed by atoms with E-state index < -0.39 is 38.6 Å². The minimum absolute atomic E-state index is 0.0535. The molecule has 318 valence electrons. The molecule has 0 aromatic rings. The number of halogens is 1. The number of unbranched alkanes of at least 4 members (excludes halogenated alkanes) is 19. The van der Waals surface area contributed by atoms with Crippen molar-refractivity contribution in [3.8, 4) is 0 Å². The number of phosphoric acid groups is 1. The molecule has 0 aliphatic heterocycles. The molecule has 0 aromatic carbocycles. The second kappa shape index (κ2) is 34.9. The van der Waals surface area contributed by atoms with Gasteiger partial charge >= 0.3 is 11.9 Å². The number of rotatable bonds is 38. The van der Waals surface area contributed by atoms with Crippen LogP contribution in [0, 0.1) is 0 Å². The molecule has 1 N–H and O–H groups in total. The van der Waals surface area contributed by atoms with E-state index >= 15 is 0 Å². The maximum absolute atomic E-state index is 12.7. The van der Waals surface area contributed by atoms with E-state index in [1.165, 1.54) is 77.0 Å². The molecule has 54 heavy (non-hydrogen) atoms. The molecule has 0 aliphatic rings. The van der Waals surface area contributed by atoms with Crippen molar-refractivity contribution < 1.29 is 47.2 Å². The lowest BCUT2D eigenvalue weighted by Gasteiger charge is -2.28. The number of aliphatic hydroxyl groups is 1. The topological polar surface area (TPSA) is 131 Å². The summed E-state index contributed by atoms with van der Waals surface area (Å²) in [4.78, 5) is 37.5. The zero-order chi connectivity index (χ0) is 40.3. The molecule has 12 heteroatoms.